The molecule has 32 heavy (non-hydrogen) atoms. The van der Waals surface area contributed by atoms with Gasteiger partial charge >= 0.3 is 0 Å². The highest BCUT2D eigenvalue weighted by molar-refractivity contribution is 5.96. The van der Waals surface area contributed by atoms with E-state index in [4.69, 9.17) is 0 Å². The molecule has 0 bridgehead atoms. The first kappa shape index (κ1) is 24.4. The first-order chi connectivity index (χ1) is 15.0. The van der Waals surface area contributed by atoms with Gasteiger partial charge in [-0.3, -0.25) is 29.8 Å². The number of amides is 2. The third-order valence-corrected chi connectivity index (χ3v) is 4.91. The van der Waals surface area contributed by atoms with E-state index in [0.29, 0.717) is 23.1 Å². The molecule has 0 aliphatic heterocycles. The quantitative estimate of drug-likeness (QED) is 0.447. The van der Waals surface area contributed by atoms with Gasteiger partial charge in [0.05, 0.1) is 9.85 Å². The average molecular weight is 442 g/mol. The number of nitrogens with zero attached hydrogens (tertiary/aromatic N) is 2. The van der Waals surface area contributed by atoms with E-state index in [0.717, 1.165) is 0 Å². The Morgan fingerprint density at radius 1 is 0.875 bits per heavy atom. The van der Waals surface area contributed by atoms with Crippen LogP contribution in [0.25, 0.3) is 0 Å². The summed E-state index contributed by atoms with van der Waals surface area (Å²) in [5.74, 6) is -0.566. The van der Waals surface area contributed by atoms with Crippen molar-refractivity contribution in [3.05, 3.63) is 78.9 Å². The van der Waals surface area contributed by atoms with E-state index < -0.39 is 21.7 Å². The zero-order valence-electron chi connectivity index (χ0n) is 18.4. The van der Waals surface area contributed by atoms with E-state index in [9.17, 15) is 29.8 Å². The highest BCUT2D eigenvalue weighted by Gasteiger charge is 2.20. The zero-order valence-corrected chi connectivity index (χ0v) is 18.4. The second-order valence-electron chi connectivity index (χ2n) is 8.03. The normalized spacial score (nSPS) is 11.7. The maximum absolute atomic E-state index is 12.7. The molecule has 2 N–H and O–H groups in total. The summed E-state index contributed by atoms with van der Waals surface area (Å²) in [6.45, 7) is 7.24. The Kier molecular flexibility index (Phi) is 8.00. The van der Waals surface area contributed by atoms with Gasteiger partial charge in [0.15, 0.2) is 0 Å². The minimum atomic E-state index is -0.509. The van der Waals surface area contributed by atoms with Gasteiger partial charge in [0.25, 0.3) is 23.2 Å². The molecule has 170 valence electrons. The molecule has 0 saturated heterocycles. The molecular formula is C22H26N4O6. The van der Waals surface area contributed by atoms with Gasteiger partial charge in [-0.25, -0.2) is 0 Å². The Bertz CT molecular complexity index is 1050. The summed E-state index contributed by atoms with van der Waals surface area (Å²) in [5.41, 5.74) is 1.21. The fourth-order valence-electron chi connectivity index (χ4n) is 3.35. The molecule has 2 rings (SSSR count). The number of carbonyl (C=O) groups is 2. The first-order valence-electron chi connectivity index (χ1n) is 10.1. The summed E-state index contributed by atoms with van der Waals surface area (Å²) in [5, 5.41) is 27.5. The molecule has 0 aliphatic carbocycles. The lowest BCUT2D eigenvalue weighted by Gasteiger charge is -2.21. The van der Waals surface area contributed by atoms with Crippen molar-refractivity contribution in [3.8, 4) is 0 Å². The van der Waals surface area contributed by atoms with Crippen molar-refractivity contribution >= 4 is 23.2 Å². The highest BCUT2D eigenvalue weighted by atomic mass is 16.6. The third-order valence-electron chi connectivity index (χ3n) is 4.91. The molecule has 0 aliphatic rings. The van der Waals surface area contributed by atoms with E-state index in [1.165, 1.54) is 36.4 Å². The minimum absolute atomic E-state index is 0.0639. The maximum Gasteiger partial charge on any atom is 0.272 e. The zero-order chi connectivity index (χ0) is 24.0. The van der Waals surface area contributed by atoms with E-state index in [1.54, 1.807) is 13.8 Å². The predicted octanol–water partition coefficient (Wildman–Crippen LogP) is 3.69. The van der Waals surface area contributed by atoms with Gasteiger partial charge in [0.1, 0.15) is 0 Å². The van der Waals surface area contributed by atoms with Crippen molar-refractivity contribution in [2.24, 2.45) is 5.92 Å². The fourth-order valence-corrected chi connectivity index (χ4v) is 3.35. The van der Waals surface area contributed by atoms with Crippen LogP contribution in [0.4, 0.5) is 11.4 Å². The topological polar surface area (TPSA) is 144 Å². The Morgan fingerprint density at radius 2 is 1.34 bits per heavy atom. The number of carbonyl (C=O) groups excluding carboxylic acids is 2. The van der Waals surface area contributed by atoms with Crippen molar-refractivity contribution in [1.82, 2.24) is 10.6 Å². The van der Waals surface area contributed by atoms with Crippen molar-refractivity contribution in [2.75, 3.05) is 6.54 Å². The van der Waals surface area contributed by atoms with Crippen LogP contribution in [-0.2, 0) is 0 Å². The predicted molar refractivity (Wildman–Crippen MR) is 119 cm³/mol. The standard InChI is InChI=1S/C22H26N4O6/c1-13(2)9-18(24-22(28)17-6-8-20(26(31)32)15(4)11-17)12-23-21(27)16-5-7-19(25(29)30)14(3)10-16/h5-8,10-11,13,18H,9,12H2,1-4H3,(H,23,27)(H,24,28). The highest BCUT2D eigenvalue weighted by Crippen LogP contribution is 2.20. The lowest BCUT2D eigenvalue weighted by Crippen LogP contribution is -2.44. The van der Waals surface area contributed by atoms with Gasteiger partial charge < -0.3 is 10.6 Å². The largest absolute Gasteiger partial charge is 0.350 e. The lowest BCUT2D eigenvalue weighted by atomic mass is 10.0. The van der Waals surface area contributed by atoms with E-state index in [1.807, 2.05) is 13.8 Å². The SMILES string of the molecule is Cc1cc(C(=O)NCC(CC(C)C)NC(=O)c2ccc([N+](=O)[O-])c(C)c2)ccc1[N+](=O)[O-]. The van der Waals surface area contributed by atoms with Gasteiger partial charge in [0.2, 0.25) is 0 Å². The van der Waals surface area contributed by atoms with Crippen LogP contribution in [0.1, 0.15) is 52.1 Å². The van der Waals surface area contributed by atoms with Gasteiger partial charge in [-0.1, -0.05) is 13.8 Å². The average Bonchev–Trinajstić information content (AvgIpc) is 2.70. The van der Waals surface area contributed by atoms with Crippen LogP contribution >= 0.6 is 0 Å². The minimum Gasteiger partial charge on any atom is -0.350 e. The molecule has 10 heteroatoms. The summed E-state index contributed by atoms with van der Waals surface area (Å²) >= 11 is 0. The summed E-state index contributed by atoms with van der Waals surface area (Å²) in [6.07, 6.45) is 0.595. The molecule has 0 fully saturated rings. The van der Waals surface area contributed by atoms with Crippen LogP contribution in [-0.4, -0.2) is 34.2 Å². The molecule has 0 saturated carbocycles. The lowest BCUT2D eigenvalue weighted by molar-refractivity contribution is -0.385. The fraction of sp³-hybridized carbons (Fsp3) is 0.364. The number of nitro groups is 2. The molecular weight excluding hydrogens is 416 g/mol. The third kappa shape index (κ3) is 6.34. The van der Waals surface area contributed by atoms with Crippen molar-refractivity contribution in [1.29, 1.82) is 0 Å². The summed E-state index contributed by atoms with van der Waals surface area (Å²) in [7, 11) is 0. The number of aryl methyl sites for hydroxylation is 2. The number of benzene rings is 2. The second-order valence-corrected chi connectivity index (χ2v) is 8.03. The molecule has 2 aromatic carbocycles. The Hall–Kier alpha value is -3.82. The molecule has 0 spiro atoms. The number of nitro benzene ring substituents is 2. The molecule has 2 aromatic rings. The van der Waals surface area contributed by atoms with Gasteiger partial charge in [-0.15, -0.1) is 0 Å². The summed E-state index contributed by atoms with van der Waals surface area (Å²) in [4.78, 5) is 46.1. The molecule has 1 atom stereocenters. The monoisotopic (exact) mass is 442 g/mol. The van der Waals surface area contributed by atoms with Crippen LogP contribution in [0.15, 0.2) is 36.4 Å². The molecule has 0 heterocycles. The van der Waals surface area contributed by atoms with Gasteiger partial charge in [-0.2, -0.15) is 0 Å². The second kappa shape index (κ2) is 10.5. The van der Waals surface area contributed by atoms with E-state index in [2.05, 4.69) is 10.6 Å². The number of hydrogen-bond acceptors (Lipinski definition) is 6. The first-order valence-corrected chi connectivity index (χ1v) is 10.1. The van der Waals surface area contributed by atoms with Crippen molar-refractivity contribution in [3.63, 3.8) is 0 Å². The van der Waals surface area contributed by atoms with Crippen molar-refractivity contribution in [2.45, 2.75) is 40.2 Å². The molecule has 1 unspecified atom stereocenters. The van der Waals surface area contributed by atoms with Gasteiger partial charge in [0, 0.05) is 47.0 Å². The molecule has 0 radical (unpaired) electrons. The van der Waals surface area contributed by atoms with Crippen molar-refractivity contribution < 1.29 is 19.4 Å². The van der Waals surface area contributed by atoms with Crippen LogP contribution in [0.5, 0.6) is 0 Å². The number of hydrogen-bond donors (Lipinski definition) is 2. The molecule has 2 amide bonds. The molecule has 10 nitrogen and oxygen atoms in total. The van der Waals surface area contributed by atoms with Crippen LogP contribution in [0, 0.1) is 40.0 Å². The number of nitrogens with one attached hydrogen (secondary N) is 2. The summed E-state index contributed by atoms with van der Waals surface area (Å²) < 4.78 is 0. The van der Waals surface area contributed by atoms with Crippen LogP contribution in [0.2, 0.25) is 0 Å². The van der Waals surface area contributed by atoms with E-state index >= 15 is 0 Å². The maximum atomic E-state index is 12.7. The molecule has 0 aromatic heterocycles. The van der Waals surface area contributed by atoms with Crippen LogP contribution < -0.4 is 10.6 Å². The number of rotatable bonds is 9. The van der Waals surface area contributed by atoms with Gasteiger partial charge in [-0.05, 0) is 50.5 Å². The van der Waals surface area contributed by atoms with Crippen LogP contribution in [0.3, 0.4) is 0 Å². The Balaban J connectivity index is 2.08. The summed E-state index contributed by atoms with van der Waals surface area (Å²) in [6, 6.07) is 7.89. The Morgan fingerprint density at radius 3 is 1.75 bits per heavy atom. The smallest absolute Gasteiger partial charge is 0.272 e. The van der Waals surface area contributed by atoms with E-state index in [-0.39, 0.29) is 35.4 Å². The Labute approximate surface area is 185 Å².